The van der Waals surface area contributed by atoms with Crippen LogP contribution in [-0.2, 0) is 11.5 Å². The number of phenolic OH excluding ortho intramolecular Hbond substituents is 1. The fourth-order valence-corrected chi connectivity index (χ4v) is 2.21. The van der Waals surface area contributed by atoms with Gasteiger partial charge in [0.15, 0.2) is 5.75 Å². The molecule has 4 nitrogen and oxygen atoms in total. The lowest BCUT2D eigenvalue weighted by atomic mass is 10.0. The summed E-state index contributed by atoms with van der Waals surface area (Å²) in [6.45, 7) is 6.04. The second kappa shape index (κ2) is 6.50. The molecule has 1 N–H and O–H groups in total. The molecule has 2 rings (SSSR count). The fourth-order valence-electron chi connectivity index (χ4n) is 2.21. The maximum Gasteiger partial charge on any atom is 0.210 e. The molecule has 0 radical (unpaired) electrons. The Kier molecular flexibility index (Phi) is 4.70. The number of hydrogen-bond donors (Lipinski definition) is 1. The van der Waals surface area contributed by atoms with Crippen LogP contribution in [0.3, 0.4) is 0 Å². The normalized spacial score (nSPS) is 10.5. The van der Waals surface area contributed by atoms with Gasteiger partial charge in [0.2, 0.25) is 5.75 Å². The fraction of sp³-hybridized carbons (Fsp3) is 0.294. The van der Waals surface area contributed by atoms with Crippen LogP contribution in [0.15, 0.2) is 30.3 Å². The smallest absolute Gasteiger partial charge is 0.210 e. The van der Waals surface area contributed by atoms with Crippen LogP contribution in [0.2, 0.25) is 0 Å². The summed E-state index contributed by atoms with van der Waals surface area (Å²) < 4.78 is 5.89. The van der Waals surface area contributed by atoms with Crippen LogP contribution in [-0.4, -0.2) is 12.2 Å². The van der Waals surface area contributed by atoms with Crippen molar-refractivity contribution in [1.82, 2.24) is 0 Å². The molecule has 4 heteroatoms. The molecule has 2 aromatic rings. The van der Waals surface area contributed by atoms with Crippen LogP contribution >= 0.6 is 0 Å². The molecule has 0 saturated carbocycles. The quantitative estimate of drug-likeness (QED) is 0.671. The topological polar surface area (TPSA) is 47.9 Å². The molecular weight excluding hydrogens is 268 g/mol. The van der Waals surface area contributed by atoms with Crippen molar-refractivity contribution in [2.45, 2.75) is 27.4 Å². The van der Waals surface area contributed by atoms with Gasteiger partial charge in [0.1, 0.15) is 12.4 Å². The summed E-state index contributed by atoms with van der Waals surface area (Å²) in [7, 11) is 1.41. The Hall–Kier alpha value is -2.20. The van der Waals surface area contributed by atoms with Gasteiger partial charge in [-0.25, -0.2) is 0 Å². The minimum atomic E-state index is 0.0445. The van der Waals surface area contributed by atoms with Crippen molar-refractivity contribution in [3.8, 4) is 17.2 Å². The maximum atomic E-state index is 10.2. The van der Waals surface area contributed by atoms with Gasteiger partial charge in [0.25, 0.3) is 0 Å². The number of aromatic hydroxyl groups is 1. The molecule has 2 aromatic carbocycles. The molecule has 0 aliphatic carbocycles. The van der Waals surface area contributed by atoms with E-state index >= 15 is 0 Å². The van der Waals surface area contributed by atoms with E-state index in [9.17, 15) is 5.11 Å². The highest BCUT2D eigenvalue weighted by Gasteiger charge is 2.20. The summed E-state index contributed by atoms with van der Waals surface area (Å²) in [5.74, 6) is 1.06. The minimum absolute atomic E-state index is 0.0445. The van der Waals surface area contributed by atoms with Crippen molar-refractivity contribution >= 4 is 0 Å². The van der Waals surface area contributed by atoms with Crippen LogP contribution in [0.5, 0.6) is 17.2 Å². The first kappa shape index (κ1) is 15.2. The monoisotopic (exact) mass is 288 g/mol. The number of rotatable bonds is 5. The Labute approximate surface area is 124 Å². The maximum absolute atomic E-state index is 10.2. The van der Waals surface area contributed by atoms with Gasteiger partial charge in [-0.2, -0.15) is 4.89 Å². The second-order valence-corrected chi connectivity index (χ2v) is 4.91. The Morgan fingerprint density at radius 3 is 2.14 bits per heavy atom. The van der Waals surface area contributed by atoms with Crippen molar-refractivity contribution in [2.75, 3.05) is 7.11 Å². The highest BCUT2D eigenvalue weighted by atomic mass is 17.2. The Morgan fingerprint density at radius 1 is 0.905 bits per heavy atom. The van der Waals surface area contributed by atoms with Gasteiger partial charge < -0.3 is 14.7 Å². The van der Waals surface area contributed by atoms with Crippen LogP contribution in [0, 0.1) is 20.8 Å². The molecule has 0 bridgehead atoms. The third-order valence-corrected chi connectivity index (χ3v) is 3.55. The lowest BCUT2D eigenvalue weighted by Gasteiger charge is -2.18. The average molecular weight is 288 g/mol. The van der Waals surface area contributed by atoms with Crippen molar-refractivity contribution in [3.63, 3.8) is 0 Å². The van der Waals surface area contributed by atoms with E-state index in [0.29, 0.717) is 23.7 Å². The van der Waals surface area contributed by atoms with Crippen LogP contribution in [0.4, 0.5) is 0 Å². The number of ether oxygens (including phenoxy) is 1. The van der Waals surface area contributed by atoms with E-state index < -0.39 is 0 Å². The summed E-state index contributed by atoms with van der Waals surface area (Å²) in [6.07, 6.45) is 0. The van der Waals surface area contributed by atoms with Gasteiger partial charge in [-0.1, -0.05) is 30.3 Å². The van der Waals surface area contributed by atoms with Gasteiger partial charge >= 0.3 is 0 Å². The number of hydrogen-bond acceptors (Lipinski definition) is 4. The van der Waals surface area contributed by atoms with Crippen molar-refractivity contribution in [1.29, 1.82) is 0 Å². The Morgan fingerprint density at radius 2 is 1.52 bits per heavy atom. The zero-order chi connectivity index (χ0) is 15.4. The first-order valence-electron chi connectivity index (χ1n) is 6.76. The summed E-state index contributed by atoms with van der Waals surface area (Å²) in [4.78, 5) is 9.71. The molecule has 0 spiro atoms. The van der Waals surface area contributed by atoms with E-state index in [4.69, 9.17) is 9.62 Å². The summed E-state index contributed by atoms with van der Waals surface area (Å²) in [6, 6.07) is 9.90. The lowest BCUT2D eigenvalue weighted by Crippen LogP contribution is -2.03. The largest absolute Gasteiger partial charge is 0.504 e. The standard InChI is InChI=1S/C17H20O4/c1-11-12(2)17(21-19-4)15(18)13(3)16(11)20-10-14-8-6-5-7-9-14/h5-9,18H,10H2,1-4H3. The molecule has 0 amide bonds. The van der Waals surface area contributed by atoms with E-state index in [2.05, 4.69) is 4.89 Å². The third kappa shape index (κ3) is 3.11. The molecule has 112 valence electrons. The van der Waals surface area contributed by atoms with Crippen LogP contribution < -0.4 is 9.62 Å². The minimum Gasteiger partial charge on any atom is -0.504 e. The molecule has 0 atom stereocenters. The SMILES string of the molecule is COOc1c(C)c(C)c(OCc2ccccc2)c(C)c1O. The van der Waals surface area contributed by atoms with Crippen molar-refractivity contribution in [3.05, 3.63) is 52.6 Å². The highest BCUT2D eigenvalue weighted by Crippen LogP contribution is 2.42. The summed E-state index contributed by atoms with van der Waals surface area (Å²) in [5, 5.41) is 10.2. The average Bonchev–Trinajstić information content (AvgIpc) is 2.51. The second-order valence-electron chi connectivity index (χ2n) is 4.91. The van der Waals surface area contributed by atoms with Gasteiger partial charge in [0.05, 0.1) is 7.11 Å². The summed E-state index contributed by atoms with van der Waals surface area (Å²) in [5.41, 5.74) is 3.43. The van der Waals surface area contributed by atoms with E-state index in [0.717, 1.165) is 16.7 Å². The van der Waals surface area contributed by atoms with Crippen molar-refractivity contribution < 1.29 is 19.6 Å². The lowest BCUT2D eigenvalue weighted by molar-refractivity contribution is -0.179. The summed E-state index contributed by atoms with van der Waals surface area (Å²) >= 11 is 0. The molecule has 0 aliphatic heterocycles. The first-order valence-corrected chi connectivity index (χ1v) is 6.76. The molecular formula is C17H20O4. The van der Waals surface area contributed by atoms with Gasteiger partial charge in [0, 0.05) is 11.1 Å². The number of benzene rings is 2. The molecule has 21 heavy (non-hydrogen) atoms. The van der Waals surface area contributed by atoms with E-state index in [1.165, 1.54) is 7.11 Å². The van der Waals surface area contributed by atoms with Gasteiger partial charge in [-0.15, -0.1) is 0 Å². The molecule has 0 heterocycles. The molecule has 0 unspecified atom stereocenters. The Bertz CT molecular complexity index is 591. The van der Waals surface area contributed by atoms with E-state index in [1.807, 2.05) is 44.2 Å². The van der Waals surface area contributed by atoms with Gasteiger partial charge in [-0.05, 0) is 31.9 Å². The molecule has 0 aromatic heterocycles. The van der Waals surface area contributed by atoms with E-state index in [-0.39, 0.29) is 5.75 Å². The zero-order valence-electron chi connectivity index (χ0n) is 12.8. The molecule has 0 aliphatic rings. The van der Waals surface area contributed by atoms with Gasteiger partial charge in [-0.3, -0.25) is 0 Å². The molecule has 0 saturated heterocycles. The van der Waals surface area contributed by atoms with Crippen LogP contribution in [0.1, 0.15) is 22.3 Å². The molecule has 0 fully saturated rings. The van der Waals surface area contributed by atoms with E-state index in [1.54, 1.807) is 6.92 Å². The van der Waals surface area contributed by atoms with Crippen LogP contribution in [0.25, 0.3) is 0 Å². The number of phenols is 1. The highest BCUT2D eigenvalue weighted by molar-refractivity contribution is 5.61. The predicted octanol–water partition coefficient (Wildman–Crippen LogP) is 3.84. The third-order valence-electron chi connectivity index (χ3n) is 3.55. The Balaban J connectivity index is 2.32. The van der Waals surface area contributed by atoms with Crippen molar-refractivity contribution in [2.24, 2.45) is 0 Å². The zero-order valence-corrected chi connectivity index (χ0v) is 12.8. The predicted molar refractivity (Wildman–Crippen MR) is 80.7 cm³/mol. The first-order chi connectivity index (χ1) is 10.1.